The molecule has 0 heterocycles. The first-order valence-corrected chi connectivity index (χ1v) is 6.22. The normalized spacial score (nSPS) is 12.4. The molecule has 1 rings (SSSR count). The van der Waals surface area contributed by atoms with Crippen molar-refractivity contribution in [3.63, 3.8) is 0 Å². The highest BCUT2D eigenvalue weighted by molar-refractivity contribution is 9.10. The number of ether oxygens (including phenoxy) is 1. The standard InChI is InChI=1S/C12H13BrN2O4/c1-3-19-12(18)10(7(2)16)15-14-9-6-4-5-8(13)11(9)17/h4-6,16-17H,3H2,1-2H3. The van der Waals surface area contributed by atoms with Crippen LogP contribution in [0, 0.1) is 0 Å². The second kappa shape index (κ2) is 6.89. The quantitative estimate of drug-likeness (QED) is 0.382. The minimum Gasteiger partial charge on any atom is -0.510 e. The lowest BCUT2D eigenvalue weighted by Crippen LogP contribution is -2.07. The number of aliphatic hydroxyl groups is 1. The van der Waals surface area contributed by atoms with E-state index < -0.39 is 5.97 Å². The number of hydrogen-bond acceptors (Lipinski definition) is 6. The van der Waals surface area contributed by atoms with Gasteiger partial charge in [-0.3, -0.25) is 0 Å². The van der Waals surface area contributed by atoms with Gasteiger partial charge in [-0.15, -0.1) is 10.2 Å². The molecule has 0 bridgehead atoms. The van der Waals surface area contributed by atoms with E-state index in [-0.39, 0.29) is 29.5 Å². The van der Waals surface area contributed by atoms with Crippen LogP contribution >= 0.6 is 15.9 Å². The maximum Gasteiger partial charge on any atom is 0.362 e. The number of aliphatic hydroxyl groups excluding tert-OH is 1. The molecule has 2 N–H and O–H groups in total. The summed E-state index contributed by atoms with van der Waals surface area (Å²) in [6.45, 7) is 3.10. The molecule has 0 fully saturated rings. The average molecular weight is 329 g/mol. The van der Waals surface area contributed by atoms with Crippen molar-refractivity contribution in [2.45, 2.75) is 13.8 Å². The molecule has 102 valence electrons. The molecule has 6 nitrogen and oxygen atoms in total. The number of nitrogens with zero attached hydrogens (tertiary/aromatic N) is 2. The first kappa shape index (κ1) is 15.2. The molecule has 0 spiro atoms. The van der Waals surface area contributed by atoms with E-state index in [2.05, 4.69) is 26.2 Å². The van der Waals surface area contributed by atoms with Crippen molar-refractivity contribution in [3.05, 3.63) is 34.1 Å². The summed E-state index contributed by atoms with van der Waals surface area (Å²) in [4.78, 5) is 11.5. The Balaban J connectivity index is 3.04. The van der Waals surface area contributed by atoms with Crippen LogP contribution in [0.4, 0.5) is 5.69 Å². The lowest BCUT2D eigenvalue weighted by Gasteiger charge is -2.03. The summed E-state index contributed by atoms with van der Waals surface area (Å²) in [6, 6.07) is 4.80. The molecular weight excluding hydrogens is 316 g/mol. The number of aromatic hydroxyl groups is 1. The molecule has 0 aliphatic heterocycles. The fourth-order valence-electron chi connectivity index (χ4n) is 1.15. The third kappa shape index (κ3) is 4.06. The number of rotatable bonds is 4. The molecule has 0 radical (unpaired) electrons. The Kier molecular flexibility index (Phi) is 5.50. The number of carbonyl (C=O) groups is 1. The fraction of sp³-hybridized carbons (Fsp3) is 0.250. The molecule has 0 saturated carbocycles. The van der Waals surface area contributed by atoms with Crippen molar-refractivity contribution in [1.29, 1.82) is 0 Å². The van der Waals surface area contributed by atoms with Crippen LogP contribution in [0.25, 0.3) is 0 Å². The van der Waals surface area contributed by atoms with Gasteiger partial charge in [0.25, 0.3) is 0 Å². The highest BCUT2D eigenvalue weighted by atomic mass is 79.9. The SMILES string of the molecule is CCOC(=O)C(N=Nc1cccc(Br)c1O)=C(C)O. The summed E-state index contributed by atoms with van der Waals surface area (Å²) < 4.78 is 5.18. The number of benzene rings is 1. The molecule has 1 aromatic rings. The number of allylic oxidation sites excluding steroid dienone is 1. The van der Waals surface area contributed by atoms with Crippen molar-refractivity contribution in [2.75, 3.05) is 6.61 Å². The van der Waals surface area contributed by atoms with Gasteiger partial charge in [0.2, 0.25) is 5.70 Å². The Morgan fingerprint density at radius 3 is 2.74 bits per heavy atom. The number of azo groups is 1. The Hall–Kier alpha value is -1.89. The first-order valence-electron chi connectivity index (χ1n) is 5.43. The number of phenolic OH excluding ortho intramolecular Hbond substituents is 1. The van der Waals surface area contributed by atoms with E-state index in [9.17, 15) is 15.0 Å². The first-order chi connectivity index (χ1) is 8.97. The monoisotopic (exact) mass is 328 g/mol. The van der Waals surface area contributed by atoms with Crippen molar-refractivity contribution in [3.8, 4) is 5.75 Å². The third-order valence-corrected chi connectivity index (χ3v) is 2.67. The summed E-state index contributed by atoms with van der Waals surface area (Å²) in [5.74, 6) is -1.19. The van der Waals surface area contributed by atoms with Crippen LogP contribution in [-0.4, -0.2) is 22.8 Å². The van der Waals surface area contributed by atoms with Crippen molar-refractivity contribution in [1.82, 2.24) is 0 Å². The second-order valence-electron chi connectivity index (χ2n) is 3.46. The van der Waals surface area contributed by atoms with E-state index in [1.54, 1.807) is 19.1 Å². The van der Waals surface area contributed by atoms with Gasteiger partial charge in [-0.25, -0.2) is 4.79 Å². The van der Waals surface area contributed by atoms with E-state index >= 15 is 0 Å². The molecule has 0 aromatic heterocycles. The Labute approximate surface area is 118 Å². The van der Waals surface area contributed by atoms with Crippen LogP contribution in [0.3, 0.4) is 0 Å². The van der Waals surface area contributed by atoms with Gasteiger partial charge in [0.1, 0.15) is 11.4 Å². The molecule has 0 atom stereocenters. The molecule has 0 amide bonds. The molecule has 0 saturated heterocycles. The minimum atomic E-state index is -0.777. The summed E-state index contributed by atoms with van der Waals surface area (Å²) in [5.41, 5.74) is -0.140. The van der Waals surface area contributed by atoms with E-state index in [1.165, 1.54) is 13.0 Å². The molecular formula is C12H13BrN2O4. The van der Waals surface area contributed by atoms with Gasteiger partial charge in [0, 0.05) is 0 Å². The van der Waals surface area contributed by atoms with Crippen LogP contribution in [0.1, 0.15) is 13.8 Å². The zero-order valence-electron chi connectivity index (χ0n) is 10.4. The predicted molar refractivity (Wildman–Crippen MR) is 72.3 cm³/mol. The number of halogens is 1. The molecule has 0 aliphatic carbocycles. The second-order valence-corrected chi connectivity index (χ2v) is 4.32. The zero-order valence-corrected chi connectivity index (χ0v) is 12.0. The van der Waals surface area contributed by atoms with Gasteiger partial charge >= 0.3 is 5.97 Å². The smallest absolute Gasteiger partial charge is 0.362 e. The van der Waals surface area contributed by atoms with Crippen molar-refractivity contribution >= 4 is 27.6 Å². The Morgan fingerprint density at radius 2 is 2.16 bits per heavy atom. The number of carbonyl (C=O) groups excluding carboxylic acids is 1. The van der Waals surface area contributed by atoms with E-state index in [0.717, 1.165) is 0 Å². The molecule has 19 heavy (non-hydrogen) atoms. The lowest BCUT2D eigenvalue weighted by atomic mass is 10.3. The third-order valence-electron chi connectivity index (χ3n) is 2.03. The summed E-state index contributed by atoms with van der Waals surface area (Å²) >= 11 is 3.13. The van der Waals surface area contributed by atoms with Gasteiger partial charge in [-0.05, 0) is 41.9 Å². The number of para-hydroxylation sites is 1. The van der Waals surface area contributed by atoms with E-state index in [4.69, 9.17) is 4.74 Å². The predicted octanol–water partition coefficient (Wildman–Crippen LogP) is 3.59. The zero-order chi connectivity index (χ0) is 14.4. The topological polar surface area (TPSA) is 91.5 Å². The van der Waals surface area contributed by atoms with E-state index in [0.29, 0.717) is 4.47 Å². The molecule has 0 unspecified atom stereocenters. The Morgan fingerprint density at radius 1 is 1.47 bits per heavy atom. The highest BCUT2D eigenvalue weighted by Crippen LogP contribution is 2.34. The Bertz CT molecular complexity index is 537. The molecule has 7 heteroatoms. The van der Waals surface area contributed by atoms with Crippen LogP contribution in [0.15, 0.2) is 44.4 Å². The maximum atomic E-state index is 11.5. The average Bonchev–Trinajstić information content (AvgIpc) is 2.34. The van der Waals surface area contributed by atoms with Crippen LogP contribution < -0.4 is 0 Å². The van der Waals surface area contributed by atoms with Gasteiger partial charge < -0.3 is 14.9 Å². The number of hydrogen-bond donors (Lipinski definition) is 2. The summed E-state index contributed by atoms with van der Waals surface area (Å²) in [7, 11) is 0. The van der Waals surface area contributed by atoms with Crippen molar-refractivity contribution < 1.29 is 19.7 Å². The summed E-state index contributed by atoms with van der Waals surface area (Å²) in [6.07, 6.45) is 0. The number of esters is 1. The van der Waals surface area contributed by atoms with Crippen LogP contribution in [-0.2, 0) is 9.53 Å². The molecule has 0 aliphatic rings. The highest BCUT2D eigenvalue weighted by Gasteiger charge is 2.14. The van der Waals surface area contributed by atoms with Crippen LogP contribution in [0.2, 0.25) is 0 Å². The van der Waals surface area contributed by atoms with Gasteiger partial charge in [0.05, 0.1) is 11.1 Å². The van der Waals surface area contributed by atoms with Gasteiger partial charge in [0.15, 0.2) is 5.75 Å². The lowest BCUT2D eigenvalue weighted by molar-refractivity contribution is -0.138. The van der Waals surface area contributed by atoms with Crippen molar-refractivity contribution in [2.24, 2.45) is 10.2 Å². The summed E-state index contributed by atoms with van der Waals surface area (Å²) in [5, 5.41) is 26.4. The van der Waals surface area contributed by atoms with Crippen LogP contribution in [0.5, 0.6) is 5.75 Å². The van der Waals surface area contributed by atoms with E-state index in [1.807, 2.05) is 0 Å². The molecule has 1 aromatic carbocycles. The fourth-order valence-corrected chi connectivity index (χ4v) is 1.50. The van der Waals surface area contributed by atoms with Gasteiger partial charge in [-0.2, -0.15) is 0 Å². The maximum absolute atomic E-state index is 11.5. The largest absolute Gasteiger partial charge is 0.510 e. The number of phenols is 1. The minimum absolute atomic E-state index is 0.106. The van der Waals surface area contributed by atoms with Gasteiger partial charge in [-0.1, -0.05) is 6.07 Å².